The fourth-order valence-corrected chi connectivity index (χ4v) is 3.55. The van der Waals surface area contributed by atoms with Gasteiger partial charge in [0.1, 0.15) is 0 Å². The Hall–Kier alpha value is -3.85. The van der Waals surface area contributed by atoms with Crippen molar-refractivity contribution >= 4 is 41.3 Å². The minimum atomic E-state index is -5.08. The highest BCUT2D eigenvalue weighted by molar-refractivity contribution is 6.30. The first-order valence-corrected chi connectivity index (χ1v) is 10.6. The van der Waals surface area contributed by atoms with Crippen LogP contribution in [0.25, 0.3) is 23.3 Å². The number of anilines is 1. The normalized spacial score (nSPS) is 13.3. The van der Waals surface area contributed by atoms with Crippen LogP contribution in [0.2, 0.25) is 5.02 Å². The quantitative estimate of drug-likeness (QED) is 0.457. The van der Waals surface area contributed by atoms with Gasteiger partial charge in [0.25, 0.3) is 0 Å². The largest absolute Gasteiger partial charge is 0.490 e. The molecule has 0 bridgehead atoms. The number of nitrogens with zero attached hydrogens (tertiary/aromatic N) is 2. The van der Waals surface area contributed by atoms with Crippen LogP contribution in [0.15, 0.2) is 54.7 Å². The van der Waals surface area contributed by atoms with E-state index in [2.05, 4.69) is 29.3 Å². The summed E-state index contributed by atoms with van der Waals surface area (Å²) in [5, 5.41) is 7.77. The minimum absolute atomic E-state index is 0.00625. The average molecular weight is 505 g/mol. The second-order valence-corrected chi connectivity index (χ2v) is 7.88. The van der Waals surface area contributed by atoms with E-state index in [0.29, 0.717) is 17.4 Å². The second-order valence-electron chi connectivity index (χ2n) is 7.45. The van der Waals surface area contributed by atoms with Gasteiger partial charge < -0.3 is 14.7 Å². The lowest BCUT2D eigenvalue weighted by atomic mass is 9.96. The van der Waals surface area contributed by atoms with Crippen molar-refractivity contribution in [1.82, 2.24) is 4.98 Å². The van der Waals surface area contributed by atoms with Crippen molar-refractivity contribution < 1.29 is 32.6 Å². The summed E-state index contributed by atoms with van der Waals surface area (Å²) in [6.07, 6.45) is 0.789. The number of carbonyl (C=O) groups is 2. The number of methoxy groups -OCH3 is 1. The van der Waals surface area contributed by atoms with E-state index in [1.165, 1.54) is 0 Å². The number of carboxylic acids is 1. The average Bonchev–Trinajstić information content (AvgIpc) is 2.80. The molecule has 0 aliphatic carbocycles. The molecule has 1 aromatic heterocycles. The first kappa shape index (κ1) is 25.8. The number of alkyl halides is 3. The van der Waals surface area contributed by atoms with E-state index in [4.69, 9.17) is 26.2 Å². The molecule has 182 valence electrons. The first-order chi connectivity index (χ1) is 16.5. The summed E-state index contributed by atoms with van der Waals surface area (Å²) in [7, 11) is 1.60. The first-order valence-electron chi connectivity index (χ1n) is 10.2. The molecule has 0 unspecified atom stereocenters. The third kappa shape index (κ3) is 6.39. The number of aliphatic carboxylic acids is 1. The Labute approximate surface area is 204 Å². The van der Waals surface area contributed by atoms with Crippen LogP contribution < -0.4 is 9.64 Å². The minimum Gasteiger partial charge on any atom is -0.481 e. The van der Waals surface area contributed by atoms with Crippen LogP contribution in [0.1, 0.15) is 23.6 Å². The summed E-state index contributed by atoms with van der Waals surface area (Å²) in [5.41, 5.74) is 5.99. The summed E-state index contributed by atoms with van der Waals surface area (Å²) < 4.78 is 36.9. The highest BCUT2D eigenvalue weighted by Crippen LogP contribution is 2.32. The number of aromatic nitrogens is 1. The van der Waals surface area contributed by atoms with Gasteiger partial charge >= 0.3 is 12.1 Å². The molecule has 1 amide bonds. The van der Waals surface area contributed by atoms with Gasteiger partial charge in [0.05, 0.1) is 19.3 Å². The number of carbonyl (C=O) groups excluding carboxylic acids is 1. The number of halogens is 4. The van der Waals surface area contributed by atoms with Gasteiger partial charge in [-0.25, -0.2) is 9.78 Å². The van der Waals surface area contributed by atoms with Crippen molar-refractivity contribution in [3.8, 4) is 17.0 Å². The third-order valence-corrected chi connectivity index (χ3v) is 5.33. The Kier molecular flexibility index (Phi) is 7.81. The lowest BCUT2D eigenvalue weighted by Crippen LogP contribution is -2.29. The standard InChI is InChI=1S/C23H19ClN2O2.C2HF3O2/c1-15(27)26-14-20-6-4-16(19-7-10-23(28-2)25-13-19)11-17(20)3-5-18-12-21(24)8-9-22(18)26;3-2(4,5)1(6)7/h3-13H,14H2,1-2H3;(H,6,7)/b5-3-;. The van der Waals surface area contributed by atoms with E-state index >= 15 is 0 Å². The fraction of sp³-hybridized carbons (Fsp3) is 0.160. The molecule has 35 heavy (non-hydrogen) atoms. The zero-order valence-corrected chi connectivity index (χ0v) is 19.4. The Bertz CT molecular complexity index is 1270. The predicted molar refractivity (Wildman–Crippen MR) is 127 cm³/mol. The molecule has 0 spiro atoms. The summed E-state index contributed by atoms with van der Waals surface area (Å²) >= 11 is 6.17. The summed E-state index contributed by atoms with van der Waals surface area (Å²) in [6, 6.07) is 15.6. The van der Waals surface area contributed by atoms with Crippen LogP contribution in [-0.4, -0.2) is 35.3 Å². The lowest BCUT2D eigenvalue weighted by molar-refractivity contribution is -0.192. The molecule has 0 radical (unpaired) electrons. The van der Waals surface area contributed by atoms with Gasteiger partial charge in [-0.05, 0) is 52.6 Å². The summed E-state index contributed by atoms with van der Waals surface area (Å²) in [4.78, 5) is 27.3. The van der Waals surface area contributed by atoms with Crippen LogP contribution in [-0.2, 0) is 16.1 Å². The number of pyridine rings is 1. The van der Waals surface area contributed by atoms with E-state index in [9.17, 15) is 18.0 Å². The predicted octanol–water partition coefficient (Wildman–Crippen LogP) is 6.08. The number of benzene rings is 2. The van der Waals surface area contributed by atoms with Crippen molar-refractivity contribution in [2.45, 2.75) is 19.6 Å². The van der Waals surface area contributed by atoms with E-state index in [-0.39, 0.29) is 5.91 Å². The maximum Gasteiger partial charge on any atom is 0.490 e. The van der Waals surface area contributed by atoms with Gasteiger partial charge in [0.2, 0.25) is 11.8 Å². The molecule has 4 rings (SSSR count). The molecule has 0 atom stereocenters. The highest BCUT2D eigenvalue weighted by atomic mass is 35.5. The molecule has 3 aromatic rings. The van der Waals surface area contributed by atoms with Crippen LogP contribution in [0.3, 0.4) is 0 Å². The molecule has 1 aliphatic rings. The van der Waals surface area contributed by atoms with Crippen molar-refractivity contribution in [2.75, 3.05) is 12.0 Å². The van der Waals surface area contributed by atoms with Gasteiger partial charge in [-0.2, -0.15) is 13.2 Å². The zero-order chi connectivity index (χ0) is 25.8. The number of fused-ring (bicyclic) bond motifs is 2. The van der Waals surface area contributed by atoms with Gasteiger partial charge in [0, 0.05) is 29.8 Å². The maximum atomic E-state index is 12.3. The Morgan fingerprint density at radius 1 is 1.03 bits per heavy atom. The van der Waals surface area contributed by atoms with Crippen molar-refractivity contribution in [3.63, 3.8) is 0 Å². The molecule has 1 aliphatic heterocycles. The number of amides is 1. The molecule has 0 fully saturated rings. The van der Waals surface area contributed by atoms with Crippen LogP contribution in [0, 0.1) is 0 Å². The Balaban J connectivity index is 0.000000429. The van der Waals surface area contributed by atoms with Gasteiger partial charge in [-0.15, -0.1) is 0 Å². The smallest absolute Gasteiger partial charge is 0.481 e. The number of carboxylic acid groups (broad SMARTS) is 1. The Morgan fingerprint density at radius 3 is 2.26 bits per heavy atom. The highest BCUT2D eigenvalue weighted by Gasteiger charge is 2.38. The lowest BCUT2D eigenvalue weighted by Gasteiger charge is -2.26. The summed E-state index contributed by atoms with van der Waals surface area (Å²) in [5.74, 6) is -2.18. The summed E-state index contributed by atoms with van der Waals surface area (Å²) in [6.45, 7) is 2.09. The van der Waals surface area contributed by atoms with Crippen molar-refractivity contribution in [2.24, 2.45) is 0 Å². The molecule has 6 nitrogen and oxygen atoms in total. The third-order valence-electron chi connectivity index (χ3n) is 5.10. The van der Waals surface area contributed by atoms with Gasteiger partial charge in [-0.3, -0.25) is 4.79 Å². The van der Waals surface area contributed by atoms with E-state index in [1.54, 1.807) is 25.1 Å². The zero-order valence-electron chi connectivity index (χ0n) is 18.6. The fourth-order valence-electron chi connectivity index (χ4n) is 3.37. The monoisotopic (exact) mass is 504 g/mol. The molecule has 2 aromatic carbocycles. The van der Waals surface area contributed by atoms with Crippen molar-refractivity contribution in [3.05, 3.63) is 76.4 Å². The molecule has 0 saturated carbocycles. The molecule has 2 heterocycles. The van der Waals surface area contributed by atoms with Crippen molar-refractivity contribution in [1.29, 1.82) is 0 Å². The van der Waals surface area contributed by atoms with E-state index < -0.39 is 12.1 Å². The SMILES string of the molecule is COc1ccc(-c2ccc3c(c2)/C=C\c2cc(Cl)ccc2N(C(C)=O)C3)cn1.O=C(O)C(F)(F)F. The molecular formula is C25H20ClF3N2O4. The number of hydrogen-bond acceptors (Lipinski definition) is 4. The topological polar surface area (TPSA) is 79.7 Å². The van der Waals surface area contributed by atoms with Gasteiger partial charge in [0.15, 0.2) is 0 Å². The van der Waals surface area contributed by atoms with E-state index in [0.717, 1.165) is 33.5 Å². The number of ether oxygens (including phenoxy) is 1. The molecule has 10 heteroatoms. The number of rotatable bonds is 2. The van der Waals surface area contributed by atoms with Crippen LogP contribution in [0.5, 0.6) is 5.88 Å². The van der Waals surface area contributed by atoms with Crippen LogP contribution in [0.4, 0.5) is 18.9 Å². The molecular weight excluding hydrogens is 485 g/mol. The van der Waals surface area contributed by atoms with Crippen LogP contribution >= 0.6 is 11.6 Å². The molecule has 1 N–H and O–H groups in total. The molecule has 0 saturated heterocycles. The van der Waals surface area contributed by atoms with E-state index in [1.807, 2.05) is 36.4 Å². The Morgan fingerprint density at radius 2 is 1.69 bits per heavy atom. The maximum absolute atomic E-state index is 12.3. The van der Waals surface area contributed by atoms with Gasteiger partial charge in [-0.1, -0.05) is 35.9 Å². The second kappa shape index (κ2) is 10.6. The number of hydrogen-bond donors (Lipinski definition) is 1.